The third-order valence-corrected chi connectivity index (χ3v) is 5.79. The summed E-state index contributed by atoms with van der Waals surface area (Å²) in [5, 5.41) is 0.957. The fourth-order valence-corrected chi connectivity index (χ4v) is 3.65. The number of halogens is 2. The van der Waals surface area contributed by atoms with Crippen molar-refractivity contribution in [1.82, 2.24) is 0 Å². The number of hydrogen-bond donors (Lipinski definition) is 0. The molecular formula is C26H18Cl2O4. The molecule has 0 spiro atoms. The van der Waals surface area contributed by atoms with E-state index in [0.717, 1.165) is 11.1 Å². The Balaban J connectivity index is 1.74. The van der Waals surface area contributed by atoms with Crippen molar-refractivity contribution in [2.45, 2.75) is 13.8 Å². The largest absolute Gasteiger partial charge is 0.421 e. The Morgan fingerprint density at radius 2 is 0.938 bits per heavy atom. The van der Waals surface area contributed by atoms with Crippen LogP contribution in [0.2, 0.25) is 10.0 Å². The van der Waals surface area contributed by atoms with Crippen molar-refractivity contribution in [3.8, 4) is 11.5 Å². The average molecular weight is 465 g/mol. The normalized spacial score (nSPS) is 10.8. The first-order chi connectivity index (χ1) is 15.3. The summed E-state index contributed by atoms with van der Waals surface area (Å²) in [5.41, 5.74) is 2.80. The molecule has 0 bridgehead atoms. The molecule has 6 heteroatoms. The molecule has 4 aromatic carbocycles. The van der Waals surface area contributed by atoms with Crippen molar-refractivity contribution in [3.05, 3.63) is 105 Å². The molecule has 0 N–H and O–H groups in total. The van der Waals surface area contributed by atoms with Crippen LogP contribution in [0.15, 0.2) is 72.8 Å². The number of fused-ring (bicyclic) bond motifs is 1. The van der Waals surface area contributed by atoms with Gasteiger partial charge in [-0.2, -0.15) is 0 Å². The van der Waals surface area contributed by atoms with Crippen LogP contribution in [0.25, 0.3) is 10.8 Å². The van der Waals surface area contributed by atoms with E-state index < -0.39 is 11.9 Å². The van der Waals surface area contributed by atoms with E-state index in [2.05, 4.69) is 0 Å². The van der Waals surface area contributed by atoms with E-state index in [0.29, 0.717) is 21.9 Å². The molecule has 4 rings (SSSR count). The monoisotopic (exact) mass is 464 g/mol. The Hall–Kier alpha value is -3.34. The maximum Gasteiger partial charge on any atom is 0.343 e. The van der Waals surface area contributed by atoms with Gasteiger partial charge in [-0.05, 0) is 38.1 Å². The molecule has 0 fully saturated rings. The van der Waals surface area contributed by atoms with Crippen molar-refractivity contribution < 1.29 is 19.1 Å². The minimum absolute atomic E-state index is 0.0162. The third kappa shape index (κ3) is 4.33. The van der Waals surface area contributed by atoms with E-state index in [4.69, 9.17) is 32.7 Å². The fourth-order valence-electron chi connectivity index (χ4n) is 3.20. The summed E-state index contributed by atoms with van der Waals surface area (Å²) in [7, 11) is 0. The maximum absolute atomic E-state index is 12.7. The highest BCUT2D eigenvalue weighted by Gasteiger charge is 2.24. The van der Waals surface area contributed by atoms with Gasteiger partial charge in [0.25, 0.3) is 0 Å². The summed E-state index contributed by atoms with van der Waals surface area (Å²) in [4.78, 5) is 25.4. The van der Waals surface area contributed by atoms with Crippen LogP contribution in [0.4, 0.5) is 0 Å². The standard InChI is InChI=1S/C26H18Cl2O4/c1-15-7-11-17(12-8-15)25(29)31-23-19-5-3-4-6-20(19)24(22(28)21(23)27)32-26(30)18-13-9-16(2)10-14-18/h3-14H,1-2H3. The Morgan fingerprint density at radius 1 is 0.594 bits per heavy atom. The van der Waals surface area contributed by atoms with Gasteiger partial charge in [0.1, 0.15) is 10.0 Å². The Kier molecular flexibility index (Phi) is 6.17. The van der Waals surface area contributed by atoms with E-state index >= 15 is 0 Å². The smallest absolute Gasteiger partial charge is 0.343 e. The number of hydrogen-bond acceptors (Lipinski definition) is 4. The van der Waals surface area contributed by atoms with Crippen molar-refractivity contribution in [2.75, 3.05) is 0 Å². The molecular weight excluding hydrogens is 447 g/mol. The molecule has 0 aliphatic rings. The third-order valence-electron chi connectivity index (χ3n) is 4.97. The number of rotatable bonds is 4. The lowest BCUT2D eigenvalue weighted by Crippen LogP contribution is -2.11. The van der Waals surface area contributed by atoms with E-state index in [9.17, 15) is 9.59 Å². The molecule has 0 atom stereocenters. The molecule has 0 aliphatic carbocycles. The lowest BCUT2D eigenvalue weighted by atomic mass is 10.1. The number of ether oxygens (including phenoxy) is 2. The molecule has 0 unspecified atom stereocenters. The lowest BCUT2D eigenvalue weighted by molar-refractivity contribution is 0.0723. The predicted molar refractivity (Wildman–Crippen MR) is 126 cm³/mol. The number of aryl methyl sites for hydroxylation is 2. The Morgan fingerprint density at radius 3 is 1.28 bits per heavy atom. The topological polar surface area (TPSA) is 52.6 Å². The van der Waals surface area contributed by atoms with Crippen LogP contribution >= 0.6 is 23.2 Å². The number of benzene rings is 4. The lowest BCUT2D eigenvalue weighted by Gasteiger charge is -2.16. The molecule has 4 aromatic rings. The number of carbonyl (C=O) groups is 2. The maximum atomic E-state index is 12.7. The van der Waals surface area contributed by atoms with Crippen LogP contribution in [0, 0.1) is 13.8 Å². The van der Waals surface area contributed by atoms with Gasteiger partial charge in [-0.1, -0.05) is 82.9 Å². The second kappa shape index (κ2) is 9.03. The van der Waals surface area contributed by atoms with E-state index in [1.165, 1.54) is 0 Å². The molecule has 0 saturated heterocycles. The van der Waals surface area contributed by atoms with Gasteiger partial charge in [0.15, 0.2) is 11.5 Å². The highest BCUT2D eigenvalue weighted by atomic mass is 35.5. The van der Waals surface area contributed by atoms with Crippen molar-refractivity contribution in [1.29, 1.82) is 0 Å². The summed E-state index contributed by atoms with van der Waals surface area (Å²) in [6, 6.07) is 20.9. The molecule has 4 nitrogen and oxygen atoms in total. The summed E-state index contributed by atoms with van der Waals surface area (Å²) >= 11 is 13.0. The Bertz CT molecular complexity index is 1220. The van der Waals surface area contributed by atoms with Crippen molar-refractivity contribution >= 4 is 45.9 Å². The molecule has 0 aliphatic heterocycles. The van der Waals surface area contributed by atoms with E-state index in [1.807, 2.05) is 38.1 Å². The zero-order chi connectivity index (χ0) is 22.8. The zero-order valence-electron chi connectivity index (χ0n) is 17.3. The highest BCUT2D eigenvalue weighted by molar-refractivity contribution is 6.45. The first-order valence-electron chi connectivity index (χ1n) is 9.82. The van der Waals surface area contributed by atoms with Gasteiger partial charge in [0.2, 0.25) is 0 Å². The van der Waals surface area contributed by atoms with Crippen molar-refractivity contribution in [3.63, 3.8) is 0 Å². The molecule has 0 saturated carbocycles. The number of esters is 2. The SMILES string of the molecule is Cc1ccc(C(=O)Oc2c(Cl)c(Cl)c(OC(=O)c3ccc(C)cc3)c3ccccc23)cc1. The minimum Gasteiger partial charge on any atom is -0.421 e. The molecule has 0 amide bonds. The highest BCUT2D eigenvalue weighted by Crippen LogP contribution is 2.47. The van der Waals surface area contributed by atoms with Crippen LogP contribution in [-0.4, -0.2) is 11.9 Å². The fraction of sp³-hybridized carbons (Fsp3) is 0.0769. The van der Waals surface area contributed by atoms with E-state index in [1.54, 1.807) is 48.5 Å². The summed E-state index contributed by atoms with van der Waals surface area (Å²) in [6.07, 6.45) is 0. The van der Waals surface area contributed by atoms with E-state index in [-0.39, 0.29) is 21.5 Å². The molecule has 0 radical (unpaired) electrons. The van der Waals surface area contributed by atoms with Crippen molar-refractivity contribution in [2.24, 2.45) is 0 Å². The quantitative estimate of drug-likeness (QED) is 0.236. The van der Waals surface area contributed by atoms with Crippen LogP contribution in [0.1, 0.15) is 31.8 Å². The second-order valence-electron chi connectivity index (χ2n) is 7.34. The summed E-state index contributed by atoms with van der Waals surface area (Å²) in [5.74, 6) is -0.934. The molecule has 160 valence electrons. The number of carbonyl (C=O) groups excluding carboxylic acids is 2. The summed E-state index contributed by atoms with van der Waals surface area (Å²) in [6.45, 7) is 3.85. The van der Waals surface area contributed by atoms with Crippen LogP contribution in [0.5, 0.6) is 11.5 Å². The molecule has 0 aromatic heterocycles. The Labute approximate surface area is 195 Å². The van der Waals surface area contributed by atoms with Gasteiger partial charge in [-0.25, -0.2) is 9.59 Å². The molecule has 0 heterocycles. The van der Waals surface area contributed by atoms with Crippen LogP contribution in [-0.2, 0) is 0 Å². The minimum atomic E-state index is -0.572. The summed E-state index contributed by atoms with van der Waals surface area (Å²) < 4.78 is 11.3. The van der Waals surface area contributed by atoms with Gasteiger partial charge in [-0.15, -0.1) is 0 Å². The predicted octanol–water partition coefficient (Wildman–Crippen LogP) is 7.20. The second-order valence-corrected chi connectivity index (χ2v) is 8.10. The first kappa shape index (κ1) is 21.9. The van der Waals surface area contributed by atoms with Crippen LogP contribution in [0.3, 0.4) is 0 Å². The molecule has 32 heavy (non-hydrogen) atoms. The van der Waals surface area contributed by atoms with Gasteiger partial charge in [0, 0.05) is 10.8 Å². The van der Waals surface area contributed by atoms with Gasteiger partial charge >= 0.3 is 11.9 Å². The van der Waals surface area contributed by atoms with Crippen LogP contribution < -0.4 is 9.47 Å². The first-order valence-corrected chi connectivity index (χ1v) is 10.6. The van der Waals surface area contributed by atoms with Gasteiger partial charge < -0.3 is 9.47 Å². The van der Waals surface area contributed by atoms with Gasteiger partial charge in [-0.3, -0.25) is 0 Å². The van der Waals surface area contributed by atoms with Gasteiger partial charge in [0.05, 0.1) is 11.1 Å². The zero-order valence-corrected chi connectivity index (χ0v) is 18.8. The average Bonchev–Trinajstić information content (AvgIpc) is 2.80.